The van der Waals surface area contributed by atoms with Crippen LogP contribution in [-0.4, -0.2) is 65.5 Å². The molecule has 33 heavy (non-hydrogen) atoms. The number of fused-ring (bicyclic) bond motifs is 1. The lowest BCUT2D eigenvalue weighted by molar-refractivity contribution is -0.146. The first-order valence-electron chi connectivity index (χ1n) is 10.8. The lowest BCUT2D eigenvalue weighted by atomic mass is 10.1. The van der Waals surface area contributed by atoms with Crippen LogP contribution in [0.5, 0.6) is 0 Å². The van der Waals surface area contributed by atoms with Crippen molar-refractivity contribution < 1.29 is 23.9 Å². The van der Waals surface area contributed by atoms with Gasteiger partial charge >= 0.3 is 6.09 Å². The maximum absolute atomic E-state index is 13.3. The molecule has 0 bridgehead atoms. The second kappa shape index (κ2) is 9.72. The van der Waals surface area contributed by atoms with Gasteiger partial charge < -0.3 is 20.3 Å². The van der Waals surface area contributed by atoms with Crippen LogP contribution in [0, 0.1) is 0 Å². The Bertz CT molecular complexity index is 1030. The zero-order chi connectivity index (χ0) is 23.4. The van der Waals surface area contributed by atoms with Crippen molar-refractivity contribution in [3.63, 3.8) is 0 Å². The number of hydrogen-bond acceptors (Lipinski definition) is 5. The van der Waals surface area contributed by atoms with E-state index in [1.165, 1.54) is 16.9 Å². The summed E-state index contributed by atoms with van der Waals surface area (Å²) in [5, 5.41) is 5.64. The average molecular weight is 450 g/mol. The number of methoxy groups -OCH3 is 1. The smallest absolute Gasteiger partial charge is 0.411 e. The molecule has 2 saturated heterocycles. The summed E-state index contributed by atoms with van der Waals surface area (Å²) in [6.07, 6.45) is -0.796. The molecule has 0 aliphatic carbocycles. The van der Waals surface area contributed by atoms with Crippen LogP contribution in [0.2, 0.25) is 0 Å². The average Bonchev–Trinajstić information content (AvgIpc) is 3.18. The minimum Gasteiger partial charge on any atom is -0.453 e. The monoisotopic (exact) mass is 450 g/mol. The molecule has 0 aromatic heterocycles. The first-order valence-corrected chi connectivity index (χ1v) is 10.8. The molecule has 2 aromatic carbocycles. The molecule has 2 N–H and O–H groups in total. The summed E-state index contributed by atoms with van der Waals surface area (Å²) in [6.45, 7) is 0.599. The summed E-state index contributed by atoms with van der Waals surface area (Å²) in [6, 6.07) is 16.5. The third-order valence-electron chi connectivity index (χ3n) is 6.02. The van der Waals surface area contributed by atoms with E-state index in [0.29, 0.717) is 12.1 Å². The fourth-order valence-corrected chi connectivity index (χ4v) is 4.38. The minimum atomic E-state index is -0.850. The molecule has 2 fully saturated rings. The van der Waals surface area contributed by atoms with Crippen molar-refractivity contribution in [2.75, 3.05) is 13.7 Å². The zero-order valence-electron chi connectivity index (χ0n) is 18.3. The predicted octanol–water partition coefficient (Wildman–Crippen LogP) is 1.50. The van der Waals surface area contributed by atoms with Gasteiger partial charge in [-0.15, -0.1) is 0 Å². The van der Waals surface area contributed by atoms with Crippen LogP contribution < -0.4 is 10.6 Å². The van der Waals surface area contributed by atoms with Crippen LogP contribution in [0.15, 0.2) is 60.7 Å². The van der Waals surface area contributed by atoms with Crippen molar-refractivity contribution in [3.8, 4) is 0 Å². The number of ether oxygens (including phenoxy) is 1. The van der Waals surface area contributed by atoms with Crippen molar-refractivity contribution in [2.24, 2.45) is 0 Å². The molecule has 4 amide bonds. The molecule has 3 atom stereocenters. The molecule has 0 radical (unpaired) electrons. The summed E-state index contributed by atoms with van der Waals surface area (Å²) >= 11 is 0. The number of carbonyl (C=O) groups excluding carboxylic acids is 4. The standard InChI is InChI=1S/C24H26N4O5/c1-33-24(32)27-13-12-19(22(30)25-15-16-8-4-2-5-9-16)28-20(27)14-18(23(28)31)26-21(29)17-10-6-3-7-11-17/h2-11,18-20H,12-15H2,1H3,(H,25,30)(H,26,29). The second-order valence-corrected chi connectivity index (χ2v) is 8.03. The summed E-state index contributed by atoms with van der Waals surface area (Å²) in [5.74, 6) is -1.07. The van der Waals surface area contributed by atoms with Crippen molar-refractivity contribution in [2.45, 2.75) is 37.6 Å². The molecule has 3 unspecified atom stereocenters. The van der Waals surface area contributed by atoms with Crippen LogP contribution in [0.1, 0.15) is 28.8 Å². The number of rotatable bonds is 5. The van der Waals surface area contributed by atoms with Gasteiger partial charge in [-0.05, 0) is 24.1 Å². The Morgan fingerprint density at radius 1 is 1.03 bits per heavy atom. The highest BCUT2D eigenvalue weighted by molar-refractivity contribution is 5.99. The molecule has 0 saturated carbocycles. The Balaban J connectivity index is 1.51. The maximum atomic E-state index is 13.3. The third kappa shape index (κ3) is 4.67. The lowest BCUT2D eigenvalue weighted by Gasteiger charge is -2.43. The van der Waals surface area contributed by atoms with Gasteiger partial charge in [0.1, 0.15) is 18.2 Å². The molecule has 2 heterocycles. The van der Waals surface area contributed by atoms with Crippen LogP contribution >= 0.6 is 0 Å². The number of amides is 4. The highest BCUT2D eigenvalue weighted by Crippen LogP contribution is 2.31. The number of nitrogens with zero attached hydrogens (tertiary/aromatic N) is 2. The highest BCUT2D eigenvalue weighted by atomic mass is 16.5. The Morgan fingerprint density at radius 2 is 1.70 bits per heavy atom. The van der Waals surface area contributed by atoms with E-state index < -0.39 is 30.2 Å². The van der Waals surface area contributed by atoms with Crippen LogP contribution in [0.3, 0.4) is 0 Å². The van der Waals surface area contributed by atoms with E-state index in [1.807, 2.05) is 30.3 Å². The Hall–Kier alpha value is -3.88. The van der Waals surface area contributed by atoms with E-state index in [0.717, 1.165) is 5.56 Å². The van der Waals surface area contributed by atoms with Crippen LogP contribution in [0.25, 0.3) is 0 Å². The fraction of sp³-hybridized carbons (Fsp3) is 0.333. The largest absolute Gasteiger partial charge is 0.453 e. The topological polar surface area (TPSA) is 108 Å². The molecule has 2 aliphatic rings. The Morgan fingerprint density at radius 3 is 2.36 bits per heavy atom. The van der Waals surface area contributed by atoms with Gasteiger partial charge in [-0.1, -0.05) is 48.5 Å². The fourth-order valence-electron chi connectivity index (χ4n) is 4.38. The lowest BCUT2D eigenvalue weighted by Crippen LogP contribution is -2.62. The SMILES string of the molecule is COC(=O)N1CCC(C(=O)NCc2ccccc2)N2C(=O)C(NC(=O)c3ccccc3)CC12. The summed E-state index contributed by atoms with van der Waals surface area (Å²) in [4.78, 5) is 54.1. The molecule has 9 heteroatoms. The van der Waals surface area contributed by atoms with Gasteiger partial charge in [-0.3, -0.25) is 19.3 Å². The molecule has 4 rings (SSSR count). The molecular formula is C24H26N4O5. The molecule has 172 valence electrons. The molecule has 2 aromatic rings. The molecule has 9 nitrogen and oxygen atoms in total. The number of hydrogen-bond donors (Lipinski definition) is 2. The first-order chi connectivity index (χ1) is 16.0. The van der Waals surface area contributed by atoms with Gasteiger partial charge in [-0.25, -0.2) is 4.79 Å². The highest BCUT2D eigenvalue weighted by Gasteiger charge is 2.52. The van der Waals surface area contributed by atoms with E-state index >= 15 is 0 Å². The van der Waals surface area contributed by atoms with Gasteiger partial charge in [0.25, 0.3) is 5.91 Å². The van der Waals surface area contributed by atoms with E-state index in [9.17, 15) is 19.2 Å². The maximum Gasteiger partial charge on any atom is 0.411 e. The van der Waals surface area contributed by atoms with Gasteiger partial charge in [0, 0.05) is 25.1 Å². The number of benzene rings is 2. The van der Waals surface area contributed by atoms with Gasteiger partial charge in [-0.2, -0.15) is 0 Å². The first kappa shape index (κ1) is 22.3. The molecule has 2 aliphatic heterocycles. The Labute approximate surface area is 191 Å². The molecular weight excluding hydrogens is 424 g/mol. The van der Waals surface area contributed by atoms with Gasteiger partial charge in [0.05, 0.1) is 7.11 Å². The number of carbonyl (C=O) groups is 4. The van der Waals surface area contributed by atoms with Crippen molar-refractivity contribution in [1.29, 1.82) is 0 Å². The third-order valence-corrected chi connectivity index (χ3v) is 6.02. The van der Waals surface area contributed by atoms with Crippen LogP contribution in [0.4, 0.5) is 4.79 Å². The van der Waals surface area contributed by atoms with E-state index in [2.05, 4.69) is 10.6 Å². The van der Waals surface area contributed by atoms with Gasteiger partial charge in [0.15, 0.2) is 0 Å². The predicted molar refractivity (Wildman–Crippen MR) is 119 cm³/mol. The summed E-state index contributed by atoms with van der Waals surface area (Å²) < 4.78 is 4.88. The second-order valence-electron chi connectivity index (χ2n) is 8.03. The van der Waals surface area contributed by atoms with E-state index in [-0.39, 0.29) is 31.2 Å². The Kier molecular flexibility index (Phi) is 6.58. The van der Waals surface area contributed by atoms with E-state index in [4.69, 9.17) is 4.74 Å². The molecule has 0 spiro atoms. The van der Waals surface area contributed by atoms with Crippen LogP contribution in [-0.2, 0) is 20.9 Å². The van der Waals surface area contributed by atoms with E-state index in [1.54, 1.807) is 30.3 Å². The number of nitrogens with one attached hydrogen (secondary N) is 2. The quantitative estimate of drug-likeness (QED) is 0.718. The minimum absolute atomic E-state index is 0.176. The van der Waals surface area contributed by atoms with Crippen molar-refractivity contribution >= 4 is 23.8 Å². The zero-order valence-corrected chi connectivity index (χ0v) is 18.3. The summed E-state index contributed by atoms with van der Waals surface area (Å²) in [5.41, 5.74) is 1.37. The summed E-state index contributed by atoms with van der Waals surface area (Å²) in [7, 11) is 1.27. The van der Waals surface area contributed by atoms with Crippen molar-refractivity contribution in [3.05, 3.63) is 71.8 Å². The van der Waals surface area contributed by atoms with Gasteiger partial charge in [0.2, 0.25) is 11.8 Å². The normalized spacial score (nSPS) is 21.8. The van der Waals surface area contributed by atoms with Crippen molar-refractivity contribution in [1.82, 2.24) is 20.4 Å².